The molecule has 1 fully saturated rings. The minimum atomic E-state index is -0.463. The zero-order chi connectivity index (χ0) is 23.4. The number of carbonyl (C=O) groups is 1. The van der Waals surface area contributed by atoms with Gasteiger partial charge in [-0.2, -0.15) is 0 Å². The lowest BCUT2D eigenvalue weighted by molar-refractivity contribution is -0.384. The Labute approximate surface area is 199 Å². The molecule has 7 nitrogen and oxygen atoms in total. The van der Waals surface area contributed by atoms with Crippen molar-refractivity contribution in [2.45, 2.75) is 13.2 Å². The molecule has 3 aromatic rings. The molecule has 0 saturated carbocycles. The summed E-state index contributed by atoms with van der Waals surface area (Å²) in [6, 6.07) is 12.3. The molecule has 33 heavy (non-hydrogen) atoms. The third-order valence-electron chi connectivity index (χ3n) is 5.42. The average molecular weight is 490 g/mol. The Kier molecular flexibility index (Phi) is 7.22. The Balaban J connectivity index is 1.28. The van der Waals surface area contributed by atoms with Crippen LogP contribution < -0.4 is 4.74 Å². The summed E-state index contributed by atoms with van der Waals surface area (Å²) in [7, 11) is 0. The number of hydrogen-bond donors (Lipinski definition) is 0. The molecule has 1 aliphatic rings. The Hall–Kier alpha value is -3.01. The van der Waals surface area contributed by atoms with Gasteiger partial charge in [0, 0.05) is 61.0 Å². The number of amides is 1. The van der Waals surface area contributed by atoms with Crippen LogP contribution in [0.2, 0.25) is 5.02 Å². The number of ether oxygens (including phenoxy) is 1. The maximum absolute atomic E-state index is 14.0. The predicted octanol–water partition coefficient (Wildman–Crippen LogP) is 4.99. The van der Waals surface area contributed by atoms with Gasteiger partial charge in [-0.25, -0.2) is 4.39 Å². The fourth-order valence-corrected chi connectivity index (χ4v) is 4.65. The Morgan fingerprint density at radius 2 is 1.88 bits per heavy atom. The highest BCUT2D eigenvalue weighted by Gasteiger charge is 2.24. The number of piperazine rings is 1. The van der Waals surface area contributed by atoms with Crippen molar-refractivity contribution in [3.8, 4) is 5.75 Å². The van der Waals surface area contributed by atoms with E-state index in [1.54, 1.807) is 29.2 Å². The van der Waals surface area contributed by atoms with E-state index in [9.17, 15) is 19.3 Å². The summed E-state index contributed by atoms with van der Waals surface area (Å²) in [4.78, 5) is 27.7. The van der Waals surface area contributed by atoms with Crippen LogP contribution in [0, 0.1) is 15.9 Å². The van der Waals surface area contributed by atoms with Crippen LogP contribution in [-0.2, 0) is 13.2 Å². The lowest BCUT2D eigenvalue weighted by atomic mass is 10.1. The smallest absolute Gasteiger partial charge is 0.269 e. The quantitative estimate of drug-likeness (QED) is 0.345. The number of nitrogens with zero attached hydrogens (tertiary/aromatic N) is 3. The van der Waals surface area contributed by atoms with Crippen molar-refractivity contribution >= 4 is 34.5 Å². The van der Waals surface area contributed by atoms with Crippen molar-refractivity contribution in [1.29, 1.82) is 0 Å². The van der Waals surface area contributed by atoms with Crippen molar-refractivity contribution in [1.82, 2.24) is 9.80 Å². The fourth-order valence-electron chi connectivity index (χ4n) is 3.57. The molecule has 2 heterocycles. The lowest BCUT2D eigenvalue weighted by Crippen LogP contribution is -2.48. The summed E-state index contributed by atoms with van der Waals surface area (Å²) in [6.07, 6.45) is 0. The van der Waals surface area contributed by atoms with Crippen molar-refractivity contribution in [2.75, 3.05) is 26.2 Å². The zero-order valence-corrected chi connectivity index (χ0v) is 19.2. The summed E-state index contributed by atoms with van der Waals surface area (Å²) in [6.45, 7) is 3.06. The predicted molar refractivity (Wildman–Crippen MR) is 124 cm³/mol. The molecule has 0 atom stereocenters. The van der Waals surface area contributed by atoms with E-state index in [1.807, 2.05) is 11.4 Å². The first-order valence-corrected chi connectivity index (χ1v) is 11.6. The van der Waals surface area contributed by atoms with Crippen molar-refractivity contribution < 1.29 is 18.8 Å². The molecule has 1 aliphatic heterocycles. The molecular weight excluding hydrogens is 469 g/mol. The first-order valence-electron chi connectivity index (χ1n) is 10.3. The minimum absolute atomic E-state index is 0.00265. The Morgan fingerprint density at radius 1 is 1.15 bits per heavy atom. The second kappa shape index (κ2) is 10.3. The summed E-state index contributed by atoms with van der Waals surface area (Å²) >= 11 is 7.49. The number of nitro benzene ring substituents is 1. The van der Waals surface area contributed by atoms with E-state index in [0.717, 1.165) is 5.56 Å². The monoisotopic (exact) mass is 489 g/mol. The minimum Gasteiger partial charge on any atom is -0.489 e. The molecule has 0 aliphatic carbocycles. The number of hydrogen-bond acceptors (Lipinski definition) is 6. The van der Waals surface area contributed by atoms with Crippen molar-refractivity contribution in [3.63, 3.8) is 0 Å². The van der Waals surface area contributed by atoms with Gasteiger partial charge in [0.15, 0.2) is 0 Å². The SMILES string of the molecule is O=C(c1cc(COc2ccc([N+](=O)[O-])cc2)cs1)N1CCN(Cc2c(F)cccc2Cl)CC1. The maximum Gasteiger partial charge on any atom is 0.269 e. The highest BCUT2D eigenvalue weighted by molar-refractivity contribution is 7.12. The van der Waals surface area contributed by atoms with Crippen LogP contribution in [-0.4, -0.2) is 46.8 Å². The van der Waals surface area contributed by atoms with Gasteiger partial charge in [0.2, 0.25) is 0 Å². The van der Waals surface area contributed by atoms with E-state index < -0.39 is 4.92 Å². The van der Waals surface area contributed by atoms with Gasteiger partial charge in [0.25, 0.3) is 11.6 Å². The van der Waals surface area contributed by atoms with Crippen molar-refractivity contribution in [2.24, 2.45) is 0 Å². The highest BCUT2D eigenvalue weighted by Crippen LogP contribution is 2.24. The van der Waals surface area contributed by atoms with Crippen LogP contribution in [0.3, 0.4) is 0 Å². The molecular formula is C23H21ClFN3O4S. The van der Waals surface area contributed by atoms with Crippen LogP contribution >= 0.6 is 22.9 Å². The fraction of sp³-hybridized carbons (Fsp3) is 0.261. The van der Waals surface area contributed by atoms with Gasteiger partial charge in [-0.1, -0.05) is 17.7 Å². The van der Waals surface area contributed by atoms with Gasteiger partial charge in [-0.3, -0.25) is 19.8 Å². The van der Waals surface area contributed by atoms with E-state index in [0.29, 0.717) is 53.9 Å². The Morgan fingerprint density at radius 3 is 2.55 bits per heavy atom. The largest absolute Gasteiger partial charge is 0.489 e. The lowest BCUT2D eigenvalue weighted by Gasteiger charge is -2.34. The molecule has 1 amide bonds. The number of halogens is 2. The molecule has 2 aromatic carbocycles. The third kappa shape index (κ3) is 5.68. The highest BCUT2D eigenvalue weighted by atomic mass is 35.5. The van der Waals surface area contributed by atoms with Crippen LogP contribution in [0.15, 0.2) is 53.9 Å². The second-order valence-electron chi connectivity index (χ2n) is 7.63. The maximum atomic E-state index is 14.0. The van der Waals surface area contributed by atoms with Gasteiger partial charge in [0.05, 0.1) is 9.80 Å². The number of thiophene rings is 1. The molecule has 1 saturated heterocycles. The van der Waals surface area contributed by atoms with Gasteiger partial charge in [-0.05, 0) is 35.7 Å². The van der Waals surface area contributed by atoms with Gasteiger partial charge < -0.3 is 9.64 Å². The van der Waals surface area contributed by atoms with E-state index in [1.165, 1.54) is 29.5 Å². The topological polar surface area (TPSA) is 75.9 Å². The number of carbonyl (C=O) groups excluding carboxylic acids is 1. The molecule has 0 spiro atoms. The first-order chi connectivity index (χ1) is 15.9. The van der Waals surface area contributed by atoms with Crippen LogP contribution in [0.1, 0.15) is 20.8 Å². The number of non-ortho nitro benzene ring substituents is 1. The summed E-state index contributed by atoms with van der Waals surface area (Å²) in [5.41, 5.74) is 1.34. The van der Waals surface area contributed by atoms with Crippen LogP contribution in [0.4, 0.5) is 10.1 Å². The number of benzene rings is 2. The second-order valence-corrected chi connectivity index (χ2v) is 8.95. The standard InChI is InChI=1S/C23H21ClFN3O4S/c24-20-2-1-3-21(25)19(20)13-26-8-10-27(11-9-26)23(29)22-12-16(15-33-22)14-32-18-6-4-17(5-7-18)28(30)31/h1-7,12,15H,8-11,13-14H2. The van der Waals surface area contributed by atoms with Crippen molar-refractivity contribution in [3.05, 3.63) is 90.9 Å². The number of rotatable bonds is 7. The average Bonchev–Trinajstić information content (AvgIpc) is 3.29. The summed E-state index contributed by atoms with van der Waals surface area (Å²) in [5, 5.41) is 13.0. The molecule has 4 rings (SSSR count). The molecule has 10 heteroatoms. The summed E-state index contributed by atoms with van der Waals surface area (Å²) < 4.78 is 19.7. The molecule has 0 unspecified atom stereocenters. The zero-order valence-electron chi connectivity index (χ0n) is 17.6. The Bertz CT molecular complexity index is 1130. The van der Waals surface area contributed by atoms with E-state index in [4.69, 9.17) is 16.3 Å². The van der Waals surface area contributed by atoms with Crippen LogP contribution in [0.25, 0.3) is 0 Å². The third-order valence-corrected chi connectivity index (χ3v) is 6.74. The number of nitro groups is 1. The summed E-state index contributed by atoms with van der Waals surface area (Å²) in [5.74, 6) is 0.166. The van der Waals surface area contributed by atoms with E-state index in [2.05, 4.69) is 4.90 Å². The molecule has 0 N–H and O–H groups in total. The van der Waals surface area contributed by atoms with Gasteiger partial charge in [-0.15, -0.1) is 11.3 Å². The van der Waals surface area contributed by atoms with Gasteiger partial charge in [0.1, 0.15) is 18.2 Å². The van der Waals surface area contributed by atoms with Crippen LogP contribution in [0.5, 0.6) is 5.75 Å². The van der Waals surface area contributed by atoms with Gasteiger partial charge >= 0.3 is 0 Å². The normalized spacial score (nSPS) is 14.3. The molecule has 0 bridgehead atoms. The van der Waals surface area contributed by atoms with E-state index in [-0.39, 0.29) is 24.0 Å². The molecule has 0 radical (unpaired) electrons. The van der Waals surface area contributed by atoms with E-state index >= 15 is 0 Å². The molecule has 172 valence electrons. The molecule has 1 aromatic heterocycles. The first kappa shape index (κ1) is 23.2.